The molecule has 0 fully saturated rings. The van der Waals surface area contributed by atoms with E-state index >= 15 is 0 Å². The van der Waals surface area contributed by atoms with Gasteiger partial charge in [-0.25, -0.2) is 13.8 Å². The largest absolute Gasteiger partial charge is 0.484 e. The highest BCUT2D eigenvalue weighted by Gasteiger charge is 2.27. The van der Waals surface area contributed by atoms with Crippen molar-refractivity contribution in [1.29, 1.82) is 0 Å². The second-order valence-electron chi connectivity index (χ2n) is 8.48. The highest BCUT2D eigenvalue weighted by atomic mass is 79.9. The maximum Gasteiger partial charge on any atom is 0.264 e. The summed E-state index contributed by atoms with van der Waals surface area (Å²) in [5.41, 5.74) is 3.83. The van der Waals surface area contributed by atoms with E-state index in [2.05, 4.69) is 31.8 Å². The van der Waals surface area contributed by atoms with Crippen molar-refractivity contribution in [2.45, 2.75) is 4.90 Å². The maximum atomic E-state index is 13.3. The fraction of sp³-hybridized carbons (Fsp3) is 0.0690. The van der Waals surface area contributed by atoms with Gasteiger partial charge in [-0.2, -0.15) is 5.10 Å². The number of carbonyl (C=O) groups excluding carboxylic acids is 2. The van der Waals surface area contributed by atoms with E-state index < -0.39 is 22.5 Å². The summed E-state index contributed by atoms with van der Waals surface area (Å²) in [5, 5.41) is 7.05. The molecular weight excluding hydrogens is 632 g/mol. The molecule has 0 aromatic heterocycles. The van der Waals surface area contributed by atoms with Gasteiger partial charge in [0.05, 0.1) is 27.5 Å². The lowest BCUT2D eigenvalue weighted by atomic mass is 10.2. The minimum Gasteiger partial charge on any atom is -0.484 e. The Morgan fingerprint density at radius 1 is 0.878 bits per heavy atom. The van der Waals surface area contributed by atoms with Gasteiger partial charge in [0.25, 0.3) is 21.8 Å². The van der Waals surface area contributed by atoms with Gasteiger partial charge in [0, 0.05) is 4.47 Å². The predicted molar refractivity (Wildman–Crippen MR) is 163 cm³/mol. The van der Waals surface area contributed by atoms with Gasteiger partial charge in [0.2, 0.25) is 0 Å². The van der Waals surface area contributed by atoms with Crippen molar-refractivity contribution in [2.75, 3.05) is 22.8 Å². The molecule has 0 bridgehead atoms. The molecule has 0 aliphatic heterocycles. The molecule has 0 aliphatic rings. The number of hydrazone groups is 1. The molecule has 0 aliphatic carbocycles. The van der Waals surface area contributed by atoms with Gasteiger partial charge in [-0.05, 0) is 78.4 Å². The zero-order valence-electron chi connectivity index (χ0n) is 21.4. The van der Waals surface area contributed by atoms with Crippen molar-refractivity contribution in [3.05, 3.63) is 118 Å². The number of halogens is 2. The number of para-hydroxylation sites is 1. The lowest BCUT2D eigenvalue weighted by Gasteiger charge is -2.23. The third-order valence-electron chi connectivity index (χ3n) is 5.53. The summed E-state index contributed by atoms with van der Waals surface area (Å²) in [6.07, 6.45) is 1.40. The van der Waals surface area contributed by atoms with Crippen LogP contribution in [0.4, 0.5) is 11.4 Å². The molecule has 0 saturated carbocycles. The number of rotatable bonds is 11. The van der Waals surface area contributed by atoms with E-state index in [1.54, 1.807) is 91.0 Å². The van der Waals surface area contributed by atoms with E-state index in [9.17, 15) is 18.0 Å². The van der Waals surface area contributed by atoms with Crippen LogP contribution >= 0.6 is 27.5 Å². The Morgan fingerprint density at radius 3 is 2.22 bits per heavy atom. The quantitative estimate of drug-likeness (QED) is 0.164. The molecule has 0 heterocycles. The number of nitrogens with zero attached hydrogens (tertiary/aromatic N) is 2. The fourth-order valence-corrected chi connectivity index (χ4v) is 5.42. The number of benzene rings is 4. The van der Waals surface area contributed by atoms with Gasteiger partial charge in [0.15, 0.2) is 6.61 Å². The third-order valence-corrected chi connectivity index (χ3v) is 8.18. The molecule has 4 aromatic rings. The van der Waals surface area contributed by atoms with E-state index in [0.717, 1.165) is 8.78 Å². The van der Waals surface area contributed by atoms with E-state index in [-0.39, 0.29) is 17.4 Å². The van der Waals surface area contributed by atoms with Crippen molar-refractivity contribution in [1.82, 2.24) is 5.43 Å². The highest BCUT2D eigenvalue weighted by molar-refractivity contribution is 9.10. The average Bonchev–Trinajstić information content (AvgIpc) is 2.98. The Morgan fingerprint density at radius 2 is 1.54 bits per heavy atom. The van der Waals surface area contributed by atoms with E-state index in [4.69, 9.17) is 16.3 Å². The molecule has 2 amide bonds. The Labute approximate surface area is 251 Å². The number of hydrogen-bond acceptors (Lipinski definition) is 6. The first-order valence-electron chi connectivity index (χ1n) is 12.1. The SMILES string of the molecule is O=C(CN(c1ccc(Br)cc1)S(=O)(=O)c1ccccc1)N/N=C\c1ccc(OCC(=O)Nc2ccccc2Cl)cc1. The zero-order valence-corrected chi connectivity index (χ0v) is 24.6. The van der Waals surface area contributed by atoms with Crippen LogP contribution in [-0.2, 0) is 19.6 Å². The summed E-state index contributed by atoms with van der Waals surface area (Å²) < 4.78 is 34.0. The van der Waals surface area contributed by atoms with Gasteiger partial charge in [-0.1, -0.05) is 57.9 Å². The van der Waals surface area contributed by atoms with Crippen LogP contribution in [0.15, 0.2) is 118 Å². The van der Waals surface area contributed by atoms with Crippen LogP contribution in [-0.4, -0.2) is 39.6 Å². The van der Waals surface area contributed by atoms with Crippen molar-refractivity contribution >= 4 is 67.0 Å². The average molecular weight is 656 g/mol. The maximum absolute atomic E-state index is 13.3. The first-order valence-corrected chi connectivity index (χ1v) is 14.8. The summed E-state index contributed by atoms with van der Waals surface area (Å²) in [7, 11) is -4.02. The number of hydrogen-bond donors (Lipinski definition) is 2. The van der Waals surface area contributed by atoms with Gasteiger partial charge in [-0.3, -0.25) is 13.9 Å². The van der Waals surface area contributed by atoms with Crippen LogP contribution < -0.4 is 19.8 Å². The molecule has 9 nitrogen and oxygen atoms in total. The lowest BCUT2D eigenvalue weighted by Crippen LogP contribution is -2.39. The Kier molecular flexibility index (Phi) is 10.1. The standard InChI is InChI=1S/C29H24BrClN4O5S/c30-22-12-14-23(15-13-22)35(41(38,39)25-6-2-1-3-7-25)19-28(36)34-32-18-21-10-16-24(17-11-21)40-20-29(37)33-27-9-5-4-8-26(27)31/h1-18H,19-20H2,(H,33,37)(H,34,36)/b32-18-. The van der Waals surface area contributed by atoms with Crippen LogP contribution in [0.3, 0.4) is 0 Å². The first-order chi connectivity index (χ1) is 19.7. The number of sulfonamides is 1. The summed E-state index contributed by atoms with van der Waals surface area (Å²) in [6.45, 7) is -0.700. The lowest BCUT2D eigenvalue weighted by molar-refractivity contribution is -0.119. The summed E-state index contributed by atoms with van der Waals surface area (Å²) >= 11 is 9.38. The second-order valence-corrected chi connectivity index (χ2v) is 11.7. The van der Waals surface area contributed by atoms with Gasteiger partial charge < -0.3 is 10.1 Å². The topological polar surface area (TPSA) is 117 Å². The minimum absolute atomic E-state index is 0.0582. The van der Waals surface area contributed by atoms with Crippen LogP contribution in [0.2, 0.25) is 5.02 Å². The molecule has 2 N–H and O–H groups in total. The van der Waals surface area contributed by atoms with E-state index in [1.807, 2.05) is 0 Å². The molecule has 0 unspecified atom stereocenters. The van der Waals surface area contributed by atoms with Gasteiger partial charge in [-0.15, -0.1) is 0 Å². The number of nitrogens with one attached hydrogen (secondary N) is 2. The van der Waals surface area contributed by atoms with E-state index in [0.29, 0.717) is 27.7 Å². The molecule has 41 heavy (non-hydrogen) atoms. The van der Waals surface area contributed by atoms with Crippen LogP contribution in [0.1, 0.15) is 5.56 Å². The van der Waals surface area contributed by atoms with Crippen LogP contribution in [0.5, 0.6) is 5.75 Å². The van der Waals surface area contributed by atoms with Crippen molar-refractivity contribution < 1.29 is 22.7 Å². The summed E-state index contributed by atoms with van der Waals surface area (Å²) in [4.78, 5) is 24.9. The molecular formula is C29H24BrClN4O5S. The minimum atomic E-state index is -4.02. The van der Waals surface area contributed by atoms with E-state index in [1.165, 1.54) is 18.3 Å². The van der Waals surface area contributed by atoms with Crippen molar-refractivity contribution in [3.8, 4) is 5.75 Å². The molecule has 0 radical (unpaired) electrons. The molecule has 12 heteroatoms. The molecule has 0 spiro atoms. The zero-order chi connectivity index (χ0) is 29.2. The van der Waals surface area contributed by atoms with Crippen molar-refractivity contribution in [2.24, 2.45) is 5.10 Å². The molecule has 0 saturated heterocycles. The molecule has 4 rings (SSSR count). The predicted octanol–water partition coefficient (Wildman–Crippen LogP) is 5.47. The fourth-order valence-electron chi connectivity index (χ4n) is 3.53. The number of anilines is 2. The second kappa shape index (κ2) is 13.9. The monoisotopic (exact) mass is 654 g/mol. The third kappa shape index (κ3) is 8.40. The normalized spacial score (nSPS) is 11.2. The van der Waals surface area contributed by atoms with Gasteiger partial charge in [0.1, 0.15) is 12.3 Å². The Bertz CT molecular complexity index is 1630. The Balaban J connectivity index is 1.34. The van der Waals surface area contributed by atoms with Crippen molar-refractivity contribution in [3.63, 3.8) is 0 Å². The number of ether oxygens (including phenoxy) is 1. The number of carbonyl (C=O) groups is 2. The number of amides is 2. The smallest absolute Gasteiger partial charge is 0.264 e. The van der Waals surface area contributed by atoms with Crippen LogP contribution in [0.25, 0.3) is 0 Å². The van der Waals surface area contributed by atoms with Crippen LogP contribution in [0, 0.1) is 0 Å². The molecule has 4 aromatic carbocycles. The molecule has 210 valence electrons. The first kappa shape index (κ1) is 29.8. The summed E-state index contributed by atoms with van der Waals surface area (Å²) in [6, 6.07) is 28.0. The Hall–Kier alpha value is -4.19. The highest BCUT2D eigenvalue weighted by Crippen LogP contribution is 2.25. The molecule has 0 atom stereocenters. The van der Waals surface area contributed by atoms with Gasteiger partial charge >= 0.3 is 0 Å². The summed E-state index contributed by atoms with van der Waals surface area (Å²) in [5.74, 6) is -0.539.